The summed E-state index contributed by atoms with van der Waals surface area (Å²) in [6.07, 6.45) is 1.59. The van der Waals surface area contributed by atoms with Crippen LogP contribution in [0.2, 0.25) is 0 Å². The van der Waals surface area contributed by atoms with Crippen molar-refractivity contribution in [1.82, 2.24) is 4.98 Å². The second kappa shape index (κ2) is 4.33. The molecule has 0 aliphatic carbocycles. The number of carboxylic acid groups (broad SMARTS) is 1. The molecule has 0 atom stereocenters. The van der Waals surface area contributed by atoms with E-state index in [-0.39, 0.29) is 11.4 Å². The Balaban J connectivity index is 2.58. The molecule has 1 N–H and O–H groups in total. The van der Waals surface area contributed by atoms with Crippen LogP contribution in [0.1, 0.15) is 15.9 Å². The molecule has 0 radical (unpaired) electrons. The summed E-state index contributed by atoms with van der Waals surface area (Å²) in [6.45, 7) is 1.77. The number of carboxylic acids is 1. The zero-order chi connectivity index (χ0) is 12.4. The van der Waals surface area contributed by atoms with Gasteiger partial charge in [0.1, 0.15) is 5.82 Å². The molecule has 0 unspecified atom stereocenters. The zero-order valence-electron chi connectivity index (χ0n) is 9.14. The number of halogens is 1. The van der Waals surface area contributed by atoms with E-state index in [1.54, 1.807) is 19.2 Å². The van der Waals surface area contributed by atoms with Gasteiger partial charge in [0.05, 0.1) is 11.3 Å². The van der Waals surface area contributed by atoms with Crippen LogP contribution in [0.25, 0.3) is 11.3 Å². The molecular formula is C13H10FNO2. The van der Waals surface area contributed by atoms with Gasteiger partial charge in [0.2, 0.25) is 0 Å². The Morgan fingerprint density at radius 3 is 2.53 bits per heavy atom. The van der Waals surface area contributed by atoms with Crippen molar-refractivity contribution in [1.29, 1.82) is 0 Å². The topological polar surface area (TPSA) is 50.2 Å². The molecule has 0 spiro atoms. The lowest BCUT2D eigenvalue weighted by Crippen LogP contribution is -2.02. The van der Waals surface area contributed by atoms with Crippen LogP contribution >= 0.6 is 0 Å². The van der Waals surface area contributed by atoms with E-state index in [1.807, 2.05) is 0 Å². The van der Waals surface area contributed by atoms with Crippen LogP contribution in [0.4, 0.5) is 4.39 Å². The zero-order valence-corrected chi connectivity index (χ0v) is 9.14. The van der Waals surface area contributed by atoms with E-state index in [0.717, 1.165) is 5.56 Å². The van der Waals surface area contributed by atoms with Gasteiger partial charge in [-0.2, -0.15) is 0 Å². The predicted octanol–water partition coefficient (Wildman–Crippen LogP) is 2.89. The summed E-state index contributed by atoms with van der Waals surface area (Å²) in [5.74, 6) is -1.40. The van der Waals surface area contributed by atoms with Crippen LogP contribution in [-0.2, 0) is 0 Å². The molecule has 86 valence electrons. The highest BCUT2D eigenvalue weighted by molar-refractivity contribution is 5.94. The molecular weight excluding hydrogens is 221 g/mol. The summed E-state index contributed by atoms with van der Waals surface area (Å²) in [6, 6.07) is 7.14. The molecule has 0 amide bonds. The second-order valence-electron chi connectivity index (χ2n) is 3.72. The Morgan fingerprint density at radius 1 is 1.29 bits per heavy atom. The molecule has 4 heteroatoms. The number of aryl methyl sites for hydroxylation is 1. The first-order chi connectivity index (χ1) is 8.08. The number of nitrogens with zero attached hydrogens (tertiary/aromatic N) is 1. The van der Waals surface area contributed by atoms with E-state index in [2.05, 4.69) is 4.98 Å². The van der Waals surface area contributed by atoms with Crippen molar-refractivity contribution in [2.75, 3.05) is 0 Å². The Morgan fingerprint density at radius 2 is 1.94 bits per heavy atom. The molecule has 17 heavy (non-hydrogen) atoms. The van der Waals surface area contributed by atoms with Crippen molar-refractivity contribution in [3.8, 4) is 11.3 Å². The van der Waals surface area contributed by atoms with Gasteiger partial charge in [-0.25, -0.2) is 9.18 Å². The molecule has 1 aromatic carbocycles. The highest BCUT2D eigenvalue weighted by Crippen LogP contribution is 2.22. The molecule has 0 aliphatic heterocycles. The van der Waals surface area contributed by atoms with Crippen LogP contribution in [0, 0.1) is 12.7 Å². The van der Waals surface area contributed by atoms with Gasteiger partial charge in [-0.15, -0.1) is 0 Å². The van der Waals surface area contributed by atoms with Gasteiger partial charge in [0.15, 0.2) is 0 Å². The standard InChI is InChI=1S/C13H10FNO2/c1-8-6-11(13(16)17)12(15-7-8)9-2-4-10(14)5-3-9/h2-7H,1H3,(H,16,17). The quantitative estimate of drug-likeness (QED) is 0.864. The number of rotatable bonds is 2. The van der Waals surface area contributed by atoms with Gasteiger partial charge in [-0.05, 0) is 42.8 Å². The first-order valence-corrected chi connectivity index (χ1v) is 5.04. The van der Waals surface area contributed by atoms with E-state index in [9.17, 15) is 9.18 Å². The fourth-order valence-corrected chi connectivity index (χ4v) is 1.57. The van der Waals surface area contributed by atoms with Crippen LogP contribution in [0.5, 0.6) is 0 Å². The van der Waals surface area contributed by atoms with Crippen molar-refractivity contribution >= 4 is 5.97 Å². The Labute approximate surface area is 97.6 Å². The monoisotopic (exact) mass is 231 g/mol. The summed E-state index contributed by atoms with van der Waals surface area (Å²) in [7, 11) is 0. The third-order valence-electron chi connectivity index (χ3n) is 2.37. The van der Waals surface area contributed by atoms with Gasteiger partial charge >= 0.3 is 5.97 Å². The van der Waals surface area contributed by atoms with Crippen LogP contribution in [0.3, 0.4) is 0 Å². The van der Waals surface area contributed by atoms with E-state index in [4.69, 9.17) is 5.11 Å². The van der Waals surface area contributed by atoms with E-state index in [1.165, 1.54) is 24.3 Å². The van der Waals surface area contributed by atoms with Gasteiger partial charge in [-0.3, -0.25) is 4.98 Å². The van der Waals surface area contributed by atoms with Gasteiger partial charge in [0, 0.05) is 11.8 Å². The average molecular weight is 231 g/mol. The fraction of sp³-hybridized carbons (Fsp3) is 0.0769. The fourth-order valence-electron chi connectivity index (χ4n) is 1.57. The lowest BCUT2D eigenvalue weighted by molar-refractivity contribution is 0.0697. The van der Waals surface area contributed by atoms with Crippen molar-refractivity contribution in [2.45, 2.75) is 6.92 Å². The number of carbonyl (C=O) groups is 1. The van der Waals surface area contributed by atoms with Gasteiger partial charge < -0.3 is 5.11 Å². The maximum Gasteiger partial charge on any atom is 0.337 e. The molecule has 1 aromatic heterocycles. The lowest BCUT2D eigenvalue weighted by atomic mass is 10.0. The third kappa shape index (κ3) is 2.30. The van der Waals surface area contributed by atoms with Crippen LogP contribution < -0.4 is 0 Å². The van der Waals surface area contributed by atoms with E-state index in [0.29, 0.717) is 11.3 Å². The van der Waals surface area contributed by atoms with Crippen LogP contribution in [0.15, 0.2) is 36.5 Å². The Bertz CT molecular complexity index is 564. The first kappa shape index (κ1) is 11.3. The summed E-state index contributed by atoms with van der Waals surface area (Å²) in [4.78, 5) is 15.2. The van der Waals surface area contributed by atoms with Gasteiger partial charge in [-0.1, -0.05) is 0 Å². The molecule has 0 saturated carbocycles. The minimum absolute atomic E-state index is 0.122. The maximum absolute atomic E-state index is 12.8. The van der Waals surface area contributed by atoms with E-state index < -0.39 is 5.97 Å². The first-order valence-electron chi connectivity index (χ1n) is 5.04. The number of hydrogen-bond acceptors (Lipinski definition) is 2. The molecule has 0 saturated heterocycles. The summed E-state index contributed by atoms with van der Waals surface area (Å²) < 4.78 is 12.8. The second-order valence-corrected chi connectivity index (χ2v) is 3.72. The van der Waals surface area contributed by atoms with Crippen molar-refractivity contribution in [2.24, 2.45) is 0 Å². The summed E-state index contributed by atoms with van der Waals surface area (Å²) in [5.41, 5.74) is 1.83. The maximum atomic E-state index is 12.8. The van der Waals surface area contributed by atoms with Crippen LogP contribution in [-0.4, -0.2) is 16.1 Å². The van der Waals surface area contributed by atoms with Crippen molar-refractivity contribution < 1.29 is 14.3 Å². The van der Waals surface area contributed by atoms with E-state index >= 15 is 0 Å². The minimum Gasteiger partial charge on any atom is -0.478 e. The third-order valence-corrected chi connectivity index (χ3v) is 2.37. The number of pyridine rings is 1. The summed E-state index contributed by atoms with van der Waals surface area (Å²) >= 11 is 0. The predicted molar refractivity (Wildman–Crippen MR) is 61.3 cm³/mol. The molecule has 0 bridgehead atoms. The molecule has 1 heterocycles. The molecule has 3 nitrogen and oxygen atoms in total. The number of hydrogen-bond donors (Lipinski definition) is 1. The number of benzene rings is 1. The average Bonchev–Trinajstić information content (AvgIpc) is 2.30. The molecule has 0 fully saturated rings. The molecule has 2 rings (SSSR count). The van der Waals surface area contributed by atoms with Gasteiger partial charge in [0.25, 0.3) is 0 Å². The number of aromatic carboxylic acids is 1. The normalized spacial score (nSPS) is 10.2. The SMILES string of the molecule is Cc1cnc(-c2ccc(F)cc2)c(C(=O)O)c1. The smallest absolute Gasteiger partial charge is 0.337 e. The molecule has 2 aromatic rings. The highest BCUT2D eigenvalue weighted by Gasteiger charge is 2.13. The Kier molecular flexibility index (Phi) is 2.87. The molecule has 0 aliphatic rings. The summed E-state index contributed by atoms with van der Waals surface area (Å²) in [5, 5.41) is 9.09. The van der Waals surface area contributed by atoms with Crippen molar-refractivity contribution in [3.63, 3.8) is 0 Å². The number of aromatic nitrogens is 1. The highest BCUT2D eigenvalue weighted by atomic mass is 19.1. The largest absolute Gasteiger partial charge is 0.478 e. The van der Waals surface area contributed by atoms with Crippen molar-refractivity contribution in [3.05, 3.63) is 53.5 Å². The lowest BCUT2D eigenvalue weighted by Gasteiger charge is -2.06. The minimum atomic E-state index is -1.04. The Hall–Kier alpha value is -2.23.